The Balaban J connectivity index is 3.92. The van der Waals surface area contributed by atoms with E-state index in [1.807, 2.05) is 12.4 Å². The summed E-state index contributed by atoms with van der Waals surface area (Å²) in [7, 11) is 2.17. The fraction of sp³-hybridized carbons (Fsp3) is 0.706. The van der Waals surface area contributed by atoms with Gasteiger partial charge in [-0.2, -0.15) is 0 Å². The third kappa shape index (κ3) is 11.7. The first-order chi connectivity index (χ1) is 8.95. The number of rotatable bonds is 9. The van der Waals surface area contributed by atoms with E-state index >= 15 is 0 Å². The first kappa shape index (κ1) is 17.9. The molecular weight excluding hydrogens is 232 g/mol. The Kier molecular flexibility index (Phi) is 10.2. The number of hydrogen-bond donors (Lipinski definition) is 0. The van der Waals surface area contributed by atoms with Crippen LogP contribution in [-0.2, 0) is 0 Å². The molecule has 0 saturated carbocycles. The average Bonchev–Trinajstić information content (AvgIpc) is 2.31. The molecule has 0 heterocycles. The molecule has 0 aromatic rings. The molecule has 0 amide bonds. The Bertz CT molecular complexity index is 310. The van der Waals surface area contributed by atoms with Crippen LogP contribution in [-0.4, -0.2) is 31.3 Å². The average molecular weight is 262 g/mol. The molecule has 0 saturated heterocycles. The van der Waals surface area contributed by atoms with Gasteiger partial charge in [-0.3, -0.25) is 4.99 Å². The molecule has 0 aliphatic carbocycles. The normalized spacial score (nSPS) is 15.5. The van der Waals surface area contributed by atoms with Gasteiger partial charge in [-0.15, -0.1) is 12.3 Å². The summed E-state index contributed by atoms with van der Waals surface area (Å²) in [4.78, 5) is 6.70. The van der Waals surface area contributed by atoms with E-state index in [-0.39, 0.29) is 0 Å². The van der Waals surface area contributed by atoms with Crippen LogP contribution in [0, 0.1) is 30.1 Å². The molecule has 0 unspecified atom stereocenters. The first-order valence-corrected chi connectivity index (χ1v) is 7.27. The van der Waals surface area contributed by atoms with Gasteiger partial charge in [0.25, 0.3) is 0 Å². The van der Waals surface area contributed by atoms with Crippen LogP contribution in [0.4, 0.5) is 0 Å². The topological polar surface area (TPSA) is 15.6 Å². The van der Waals surface area contributed by atoms with E-state index < -0.39 is 0 Å². The van der Waals surface area contributed by atoms with Crippen LogP contribution < -0.4 is 0 Å². The SMILES string of the molecule is C#CCC[C@H](C)CN(C)C[C@@H](C)/C=N\C=C/C(C)C. The minimum absolute atomic E-state index is 0.474. The van der Waals surface area contributed by atoms with E-state index in [0.717, 1.165) is 25.9 Å². The predicted octanol–water partition coefficient (Wildman–Crippen LogP) is 3.84. The summed E-state index contributed by atoms with van der Waals surface area (Å²) in [6.07, 6.45) is 13.3. The van der Waals surface area contributed by atoms with Crippen LogP contribution in [0.5, 0.6) is 0 Å². The van der Waals surface area contributed by atoms with Gasteiger partial charge in [-0.1, -0.05) is 33.8 Å². The number of hydrogen-bond acceptors (Lipinski definition) is 2. The van der Waals surface area contributed by atoms with Crippen LogP contribution in [0.1, 0.15) is 40.5 Å². The smallest absolute Gasteiger partial charge is 0.0226 e. The summed E-state index contributed by atoms with van der Waals surface area (Å²) in [6, 6.07) is 0. The Labute approximate surface area is 120 Å². The van der Waals surface area contributed by atoms with Crippen molar-refractivity contribution < 1.29 is 0 Å². The van der Waals surface area contributed by atoms with Crippen LogP contribution in [0.3, 0.4) is 0 Å². The van der Waals surface area contributed by atoms with Gasteiger partial charge < -0.3 is 4.90 Å². The summed E-state index contributed by atoms with van der Waals surface area (Å²) in [6.45, 7) is 10.9. The van der Waals surface area contributed by atoms with E-state index in [2.05, 4.69) is 56.6 Å². The van der Waals surface area contributed by atoms with Crippen molar-refractivity contribution in [3.8, 4) is 12.3 Å². The zero-order chi connectivity index (χ0) is 14.7. The maximum Gasteiger partial charge on any atom is 0.0226 e. The zero-order valence-electron chi connectivity index (χ0n) is 13.3. The number of allylic oxidation sites excluding steroid dienone is 1. The molecule has 0 aliphatic rings. The van der Waals surface area contributed by atoms with Gasteiger partial charge >= 0.3 is 0 Å². The number of terminal acetylenes is 1. The lowest BCUT2D eigenvalue weighted by Crippen LogP contribution is -2.29. The second kappa shape index (κ2) is 10.8. The van der Waals surface area contributed by atoms with Crippen LogP contribution >= 0.6 is 0 Å². The molecule has 2 atom stereocenters. The Morgan fingerprint density at radius 2 is 1.89 bits per heavy atom. The van der Waals surface area contributed by atoms with E-state index in [4.69, 9.17) is 6.42 Å². The van der Waals surface area contributed by atoms with E-state index in [9.17, 15) is 0 Å². The second-order valence-electron chi connectivity index (χ2n) is 5.93. The molecule has 0 spiro atoms. The number of aliphatic imine (C=N–C) groups is 1. The lowest BCUT2D eigenvalue weighted by atomic mass is 10.0. The molecule has 0 fully saturated rings. The predicted molar refractivity (Wildman–Crippen MR) is 86.4 cm³/mol. The van der Waals surface area contributed by atoms with Crippen molar-refractivity contribution in [1.29, 1.82) is 0 Å². The maximum atomic E-state index is 5.29. The fourth-order valence-electron chi connectivity index (χ4n) is 1.98. The highest BCUT2D eigenvalue weighted by Crippen LogP contribution is 2.07. The molecule has 0 aliphatic heterocycles. The summed E-state index contributed by atoms with van der Waals surface area (Å²) in [5.74, 6) is 4.40. The molecule has 2 heteroatoms. The lowest BCUT2D eigenvalue weighted by molar-refractivity contribution is 0.267. The molecule has 0 bridgehead atoms. The molecule has 0 rings (SSSR count). The largest absolute Gasteiger partial charge is 0.305 e. The van der Waals surface area contributed by atoms with Crippen molar-refractivity contribution in [2.45, 2.75) is 40.5 Å². The van der Waals surface area contributed by atoms with Crippen LogP contribution in [0.25, 0.3) is 0 Å². The lowest BCUT2D eigenvalue weighted by Gasteiger charge is -2.22. The Morgan fingerprint density at radius 3 is 2.47 bits per heavy atom. The Hall–Kier alpha value is -1.07. The highest BCUT2D eigenvalue weighted by atomic mass is 15.1. The first-order valence-electron chi connectivity index (χ1n) is 7.27. The summed E-state index contributed by atoms with van der Waals surface area (Å²) >= 11 is 0. The quantitative estimate of drug-likeness (QED) is 0.455. The van der Waals surface area contributed by atoms with E-state index in [0.29, 0.717) is 17.8 Å². The second-order valence-corrected chi connectivity index (χ2v) is 5.93. The summed E-state index contributed by atoms with van der Waals surface area (Å²) < 4.78 is 0. The van der Waals surface area contributed by atoms with E-state index in [1.54, 1.807) is 0 Å². The minimum atomic E-state index is 0.474. The molecular formula is C17H30N2. The highest BCUT2D eigenvalue weighted by molar-refractivity contribution is 5.61. The third-order valence-corrected chi connectivity index (χ3v) is 2.90. The molecule has 2 nitrogen and oxygen atoms in total. The van der Waals surface area contributed by atoms with Crippen molar-refractivity contribution >= 4 is 6.21 Å². The van der Waals surface area contributed by atoms with Gasteiger partial charge in [0.1, 0.15) is 0 Å². The molecule has 0 radical (unpaired) electrons. The van der Waals surface area contributed by atoms with E-state index in [1.165, 1.54) is 0 Å². The zero-order valence-corrected chi connectivity index (χ0v) is 13.3. The molecule has 0 aromatic carbocycles. The van der Waals surface area contributed by atoms with Crippen molar-refractivity contribution in [3.63, 3.8) is 0 Å². The summed E-state index contributed by atoms with van der Waals surface area (Å²) in [5.41, 5.74) is 0. The monoisotopic (exact) mass is 262 g/mol. The molecule has 19 heavy (non-hydrogen) atoms. The number of nitrogens with zero attached hydrogens (tertiary/aromatic N) is 2. The van der Waals surface area contributed by atoms with Crippen molar-refractivity contribution in [1.82, 2.24) is 4.90 Å². The van der Waals surface area contributed by atoms with Gasteiger partial charge in [-0.05, 0) is 25.3 Å². The molecule has 0 aromatic heterocycles. The minimum Gasteiger partial charge on any atom is -0.305 e. The molecule has 108 valence electrons. The molecule has 0 N–H and O–H groups in total. The standard InChI is InChI=1S/C17H30N2/c1-7-8-9-16(4)13-19(6)14-17(5)12-18-11-10-15(2)3/h1,10-12,15-17H,8-9,13-14H2,2-6H3/b11-10-,18-12-/t16-,17-/m0/s1. The fourth-order valence-corrected chi connectivity index (χ4v) is 1.98. The maximum absolute atomic E-state index is 5.29. The Morgan fingerprint density at radius 1 is 1.21 bits per heavy atom. The van der Waals surface area contributed by atoms with Crippen molar-refractivity contribution in [3.05, 3.63) is 12.3 Å². The van der Waals surface area contributed by atoms with Crippen LogP contribution in [0.2, 0.25) is 0 Å². The van der Waals surface area contributed by atoms with Gasteiger partial charge in [0.15, 0.2) is 0 Å². The highest BCUT2D eigenvalue weighted by Gasteiger charge is 2.08. The van der Waals surface area contributed by atoms with Gasteiger partial charge in [0.2, 0.25) is 0 Å². The third-order valence-electron chi connectivity index (χ3n) is 2.90. The van der Waals surface area contributed by atoms with Gasteiger partial charge in [0, 0.05) is 37.8 Å². The van der Waals surface area contributed by atoms with Crippen molar-refractivity contribution in [2.75, 3.05) is 20.1 Å². The summed E-state index contributed by atoms with van der Waals surface area (Å²) in [5, 5.41) is 0. The van der Waals surface area contributed by atoms with Gasteiger partial charge in [0.05, 0.1) is 0 Å². The van der Waals surface area contributed by atoms with Gasteiger partial charge in [-0.25, -0.2) is 0 Å². The van der Waals surface area contributed by atoms with Crippen molar-refractivity contribution in [2.24, 2.45) is 22.7 Å². The van der Waals surface area contributed by atoms with Crippen LogP contribution in [0.15, 0.2) is 17.3 Å².